The van der Waals surface area contributed by atoms with Gasteiger partial charge in [-0.1, -0.05) is 59.6 Å². The summed E-state index contributed by atoms with van der Waals surface area (Å²) in [7, 11) is 0. The van der Waals surface area contributed by atoms with Gasteiger partial charge in [0, 0.05) is 28.6 Å². The quantitative estimate of drug-likeness (QED) is 0.263. The molecule has 0 saturated carbocycles. The molecule has 0 saturated heterocycles. The van der Waals surface area contributed by atoms with E-state index in [9.17, 15) is 9.90 Å². The molecule has 0 radical (unpaired) electrons. The number of carboxylic acid groups (broad SMARTS) is 1. The van der Waals surface area contributed by atoms with Crippen LogP contribution in [0.4, 0.5) is 5.69 Å². The van der Waals surface area contributed by atoms with Crippen molar-refractivity contribution in [2.45, 2.75) is 0 Å². The molecule has 4 aromatic carbocycles. The molecule has 0 bridgehead atoms. The second-order valence-electron chi connectivity index (χ2n) is 7.65. The van der Waals surface area contributed by atoms with Crippen molar-refractivity contribution in [2.24, 2.45) is 4.99 Å². The van der Waals surface area contributed by atoms with Crippen LogP contribution in [0.25, 0.3) is 27.7 Å². The van der Waals surface area contributed by atoms with Gasteiger partial charge < -0.3 is 5.11 Å². The summed E-state index contributed by atoms with van der Waals surface area (Å²) in [5.41, 5.74) is 3.99. The van der Waals surface area contributed by atoms with Crippen LogP contribution < -0.4 is 0 Å². The largest absolute Gasteiger partial charge is 0.478 e. The second kappa shape index (κ2) is 9.14. The summed E-state index contributed by atoms with van der Waals surface area (Å²) >= 11 is 12.3. The van der Waals surface area contributed by atoms with Crippen LogP contribution in [0.1, 0.15) is 15.9 Å². The second-order valence-corrected chi connectivity index (χ2v) is 8.49. The lowest BCUT2D eigenvalue weighted by Crippen LogP contribution is -1.98. The van der Waals surface area contributed by atoms with E-state index in [0.29, 0.717) is 15.7 Å². The molecule has 0 amide bonds. The first kappa shape index (κ1) is 21.9. The summed E-state index contributed by atoms with van der Waals surface area (Å²) in [6, 6.07) is 26.0. The van der Waals surface area contributed by atoms with Gasteiger partial charge in [-0.15, -0.1) is 0 Å². The van der Waals surface area contributed by atoms with Crippen molar-refractivity contribution in [3.05, 3.63) is 112 Å². The predicted octanol–water partition coefficient (Wildman–Crippen LogP) is 7.45. The highest BCUT2D eigenvalue weighted by molar-refractivity contribution is 6.36. The van der Waals surface area contributed by atoms with Crippen molar-refractivity contribution in [3.8, 4) is 16.9 Å². The number of halogens is 2. The van der Waals surface area contributed by atoms with E-state index in [4.69, 9.17) is 28.3 Å². The zero-order valence-corrected chi connectivity index (χ0v) is 19.2. The topological polar surface area (TPSA) is 67.5 Å². The van der Waals surface area contributed by atoms with E-state index in [-0.39, 0.29) is 5.56 Å². The van der Waals surface area contributed by atoms with Gasteiger partial charge in [0.2, 0.25) is 0 Å². The van der Waals surface area contributed by atoms with Gasteiger partial charge in [-0.2, -0.15) is 5.10 Å². The standard InChI is InChI=1S/C27H17Cl2N3O2/c28-22-9-12-25(24(29)14-22)30-15-21-16-32(23-10-7-18(8-11-23)27(33)34)31-26(21)20-6-5-17-3-1-2-4-19(17)13-20/h1-16H,(H,33,34). The highest BCUT2D eigenvalue weighted by Crippen LogP contribution is 2.30. The van der Waals surface area contributed by atoms with Crippen molar-refractivity contribution in [3.63, 3.8) is 0 Å². The van der Waals surface area contributed by atoms with E-state index in [1.807, 2.05) is 24.4 Å². The van der Waals surface area contributed by atoms with E-state index in [1.165, 1.54) is 0 Å². The maximum absolute atomic E-state index is 11.2. The molecular weight excluding hydrogens is 469 g/mol. The smallest absolute Gasteiger partial charge is 0.335 e. The number of nitrogens with zero attached hydrogens (tertiary/aromatic N) is 3. The Kier molecular flexibility index (Phi) is 5.88. The van der Waals surface area contributed by atoms with Gasteiger partial charge in [0.25, 0.3) is 0 Å². The molecule has 5 rings (SSSR count). The zero-order chi connectivity index (χ0) is 23.7. The molecule has 1 heterocycles. The summed E-state index contributed by atoms with van der Waals surface area (Å²) in [6.07, 6.45) is 3.57. The van der Waals surface area contributed by atoms with Gasteiger partial charge in [0.1, 0.15) is 5.69 Å². The minimum Gasteiger partial charge on any atom is -0.478 e. The molecule has 0 aliphatic carbocycles. The fourth-order valence-electron chi connectivity index (χ4n) is 3.66. The van der Waals surface area contributed by atoms with E-state index < -0.39 is 5.97 Å². The molecule has 0 aliphatic rings. The Hall–Kier alpha value is -3.93. The van der Waals surface area contributed by atoms with Gasteiger partial charge in [-0.05, 0) is 59.3 Å². The lowest BCUT2D eigenvalue weighted by atomic mass is 10.0. The molecule has 0 atom stereocenters. The third kappa shape index (κ3) is 4.44. The van der Waals surface area contributed by atoms with Crippen molar-refractivity contribution >= 4 is 51.8 Å². The van der Waals surface area contributed by atoms with Crippen LogP contribution in [-0.2, 0) is 0 Å². The minimum atomic E-state index is -0.975. The van der Waals surface area contributed by atoms with Gasteiger partial charge in [0.15, 0.2) is 0 Å². The van der Waals surface area contributed by atoms with Crippen LogP contribution in [0.2, 0.25) is 10.0 Å². The van der Waals surface area contributed by atoms with Gasteiger partial charge in [-0.3, -0.25) is 4.99 Å². The number of benzene rings is 4. The average molecular weight is 486 g/mol. The van der Waals surface area contributed by atoms with Crippen LogP contribution in [-0.4, -0.2) is 27.1 Å². The molecule has 5 nitrogen and oxygen atoms in total. The van der Waals surface area contributed by atoms with Gasteiger partial charge in [-0.25, -0.2) is 9.48 Å². The van der Waals surface area contributed by atoms with Crippen LogP contribution in [0.3, 0.4) is 0 Å². The molecule has 0 spiro atoms. The Labute approximate surface area is 205 Å². The van der Waals surface area contributed by atoms with Crippen LogP contribution in [0, 0.1) is 0 Å². The maximum atomic E-state index is 11.2. The first-order valence-electron chi connectivity index (χ1n) is 10.4. The number of carboxylic acids is 1. The fourth-order valence-corrected chi connectivity index (χ4v) is 4.11. The number of rotatable bonds is 5. The highest BCUT2D eigenvalue weighted by atomic mass is 35.5. The Morgan fingerprint density at radius 2 is 1.68 bits per heavy atom. The maximum Gasteiger partial charge on any atom is 0.335 e. The molecule has 7 heteroatoms. The van der Waals surface area contributed by atoms with Crippen molar-refractivity contribution in [1.82, 2.24) is 9.78 Å². The lowest BCUT2D eigenvalue weighted by molar-refractivity contribution is 0.0697. The number of aromatic carboxylic acids is 1. The molecule has 166 valence electrons. The molecule has 5 aromatic rings. The van der Waals surface area contributed by atoms with E-state index in [1.54, 1.807) is 53.4 Å². The summed E-state index contributed by atoms with van der Waals surface area (Å²) < 4.78 is 1.71. The average Bonchev–Trinajstić information content (AvgIpc) is 3.27. The van der Waals surface area contributed by atoms with E-state index in [2.05, 4.69) is 29.3 Å². The SMILES string of the molecule is O=C(O)c1ccc(-n2cc(C=Nc3ccc(Cl)cc3Cl)c(-c3ccc4ccccc4c3)n2)cc1. The summed E-state index contributed by atoms with van der Waals surface area (Å²) in [5.74, 6) is -0.975. The zero-order valence-electron chi connectivity index (χ0n) is 17.7. The minimum absolute atomic E-state index is 0.213. The Morgan fingerprint density at radius 1 is 0.912 bits per heavy atom. The molecule has 1 aromatic heterocycles. The first-order chi connectivity index (χ1) is 16.5. The first-order valence-corrected chi connectivity index (χ1v) is 11.2. The Morgan fingerprint density at radius 3 is 2.41 bits per heavy atom. The van der Waals surface area contributed by atoms with Gasteiger partial charge >= 0.3 is 5.97 Å². The number of carbonyl (C=O) groups is 1. The number of hydrogen-bond acceptors (Lipinski definition) is 3. The summed E-state index contributed by atoms with van der Waals surface area (Å²) in [5, 5.41) is 17.2. The van der Waals surface area contributed by atoms with Crippen LogP contribution in [0.5, 0.6) is 0 Å². The lowest BCUT2D eigenvalue weighted by Gasteiger charge is -2.03. The Bertz CT molecular complexity index is 1560. The van der Waals surface area contributed by atoms with Crippen molar-refractivity contribution in [1.29, 1.82) is 0 Å². The number of fused-ring (bicyclic) bond motifs is 1. The molecule has 0 fully saturated rings. The van der Waals surface area contributed by atoms with Crippen molar-refractivity contribution < 1.29 is 9.90 Å². The third-order valence-electron chi connectivity index (χ3n) is 5.40. The summed E-state index contributed by atoms with van der Waals surface area (Å²) in [6.45, 7) is 0. The number of hydrogen-bond donors (Lipinski definition) is 1. The fraction of sp³-hybridized carbons (Fsp3) is 0. The van der Waals surface area contributed by atoms with Gasteiger partial charge in [0.05, 0.1) is 22.0 Å². The van der Waals surface area contributed by atoms with E-state index >= 15 is 0 Å². The summed E-state index contributed by atoms with van der Waals surface area (Å²) in [4.78, 5) is 15.8. The predicted molar refractivity (Wildman–Crippen MR) is 137 cm³/mol. The molecule has 0 aliphatic heterocycles. The number of aliphatic imine (C=N–C) groups is 1. The molecule has 34 heavy (non-hydrogen) atoms. The van der Waals surface area contributed by atoms with Crippen molar-refractivity contribution in [2.75, 3.05) is 0 Å². The normalized spacial score (nSPS) is 11.4. The van der Waals surface area contributed by atoms with Crippen LogP contribution in [0.15, 0.2) is 96.1 Å². The number of aromatic nitrogens is 2. The molecular formula is C27H17Cl2N3O2. The third-order valence-corrected chi connectivity index (χ3v) is 5.93. The Balaban J connectivity index is 1.61. The monoisotopic (exact) mass is 485 g/mol. The highest BCUT2D eigenvalue weighted by Gasteiger charge is 2.13. The molecule has 0 unspecified atom stereocenters. The van der Waals surface area contributed by atoms with E-state index in [0.717, 1.165) is 33.3 Å². The van der Waals surface area contributed by atoms with Crippen LogP contribution >= 0.6 is 23.2 Å². The molecule has 1 N–H and O–H groups in total.